The second-order valence-corrected chi connectivity index (χ2v) is 6.19. The Morgan fingerprint density at radius 1 is 1.32 bits per heavy atom. The van der Waals surface area contributed by atoms with E-state index in [-0.39, 0.29) is 5.91 Å². The van der Waals surface area contributed by atoms with Crippen molar-refractivity contribution in [1.82, 2.24) is 14.9 Å². The molecular formula is C18H25N3O. The minimum Gasteiger partial charge on any atom is -0.356 e. The third-order valence-electron chi connectivity index (χ3n) is 4.29. The van der Waals surface area contributed by atoms with Crippen molar-refractivity contribution in [2.24, 2.45) is 5.92 Å². The molecule has 1 aliphatic rings. The number of para-hydroxylation sites is 2. The lowest BCUT2D eigenvalue weighted by Gasteiger charge is -2.09. The highest BCUT2D eigenvalue weighted by Crippen LogP contribution is 2.28. The van der Waals surface area contributed by atoms with Gasteiger partial charge in [0.25, 0.3) is 0 Å². The second-order valence-electron chi connectivity index (χ2n) is 6.19. The summed E-state index contributed by atoms with van der Waals surface area (Å²) in [5, 5.41) is 3.04. The molecule has 1 aliphatic carbocycles. The van der Waals surface area contributed by atoms with Gasteiger partial charge >= 0.3 is 0 Å². The number of aryl methyl sites for hydroxylation is 2. The Morgan fingerprint density at radius 3 is 2.91 bits per heavy atom. The molecule has 0 unspecified atom stereocenters. The van der Waals surface area contributed by atoms with Crippen LogP contribution in [0.25, 0.3) is 11.0 Å². The Morgan fingerprint density at radius 2 is 2.14 bits per heavy atom. The summed E-state index contributed by atoms with van der Waals surface area (Å²) in [7, 11) is 0. The van der Waals surface area contributed by atoms with Crippen LogP contribution in [0.15, 0.2) is 24.3 Å². The lowest BCUT2D eigenvalue weighted by Crippen LogP contribution is -2.26. The van der Waals surface area contributed by atoms with Gasteiger partial charge in [-0.1, -0.05) is 25.5 Å². The summed E-state index contributed by atoms with van der Waals surface area (Å²) >= 11 is 0. The smallest absolute Gasteiger partial charge is 0.223 e. The van der Waals surface area contributed by atoms with Gasteiger partial charge < -0.3 is 9.88 Å². The van der Waals surface area contributed by atoms with Gasteiger partial charge in [0.05, 0.1) is 11.0 Å². The van der Waals surface area contributed by atoms with E-state index in [2.05, 4.69) is 35.0 Å². The first-order valence-electron chi connectivity index (χ1n) is 8.51. The average Bonchev–Trinajstić information content (AvgIpc) is 3.32. The molecule has 4 heteroatoms. The van der Waals surface area contributed by atoms with Crippen LogP contribution in [0.2, 0.25) is 0 Å². The molecule has 2 aromatic rings. The van der Waals surface area contributed by atoms with Crippen molar-refractivity contribution in [2.45, 2.75) is 52.0 Å². The van der Waals surface area contributed by atoms with Crippen LogP contribution in [0.1, 0.15) is 44.9 Å². The number of nitrogens with zero attached hydrogens (tertiary/aromatic N) is 2. The predicted molar refractivity (Wildman–Crippen MR) is 88.7 cm³/mol. The molecule has 0 bridgehead atoms. The van der Waals surface area contributed by atoms with Gasteiger partial charge in [-0.3, -0.25) is 4.79 Å². The molecule has 118 valence electrons. The van der Waals surface area contributed by atoms with Crippen molar-refractivity contribution >= 4 is 16.9 Å². The minimum absolute atomic E-state index is 0.236. The molecule has 0 radical (unpaired) electrons. The fourth-order valence-corrected chi connectivity index (χ4v) is 2.83. The number of benzene rings is 1. The Kier molecular flexibility index (Phi) is 4.76. The molecule has 1 saturated carbocycles. The number of aromatic nitrogens is 2. The van der Waals surface area contributed by atoms with Crippen molar-refractivity contribution in [3.05, 3.63) is 30.1 Å². The number of imidazole rings is 1. The zero-order valence-corrected chi connectivity index (χ0v) is 13.3. The number of hydrogen-bond acceptors (Lipinski definition) is 2. The third-order valence-corrected chi connectivity index (χ3v) is 4.29. The van der Waals surface area contributed by atoms with Gasteiger partial charge in [0.2, 0.25) is 5.91 Å². The molecule has 1 amide bonds. The highest BCUT2D eigenvalue weighted by atomic mass is 16.2. The van der Waals surface area contributed by atoms with Gasteiger partial charge in [0, 0.05) is 25.4 Å². The van der Waals surface area contributed by atoms with Gasteiger partial charge in [-0.2, -0.15) is 0 Å². The maximum atomic E-state index is 11.6. The lowest BCUT2D eigenvalue weighted by atomic mass is 10.2. The van der Waals surface area contributed by atoms with Crippen LogP contribution < -0.4 is 5.32 Å². The van der Waals surface area contributed by atoms with Crippen molar-refractivity contribution in [1.29, 1.82) is 0 Å². The van der Waals surface area contributed by atoms with E-state index in [1.165, 1.54) is 18.4 Å². The largest absolute Gasteiger partial charge is 0.356 e. The molecular weight excluding hydrogens is 274 g/mol. The molecule has 0 saturated heterocycles. The fourth-order valence-electron chi connectivity index (χ4n) is 2.83. The van der Waals surface area contributed by atoms with Crippen LogP contribution in [0, 0.1) is 5.92 Å². The molecule has 1 aromatic heterocycles. The van der Waals surface area contributed by atoms with Crippen LogP contribution in [0.4, 0.5) is 0 Å². The zero-order chi connectivity index (χ0) is 15.4. The monoisotopic (exact) mass is 299 g/mol. The number of carbonyl (C=O) groups excluding carboxylic acids is 1. The molecule has 4 nitrogen and oxygen atoms in total. The van der Waals surface area contributed by atoms with E-state index in [0.29, 0.717) is 5.92 Å². The van der Waals surface area contributed by atoms with Crippen LogP contribution in [0.5, 0.6) is 0 Å². The summed E-state index contributed by atoms with van der Waals surface area (Å²) in [5.41, 5.74) is 2.31. The van der Waals surface area contributed by atoms with Gasteiger partial charge in [-0.25, -0.2) is 4.98 Å². The van der Waals surface area contributed by atoms with E-state index >= 15 is 0 Å². The maximum Gasteiger partial charge on any atom is 0.223 e. The Hall–Kier alpha value is -1.84. The standard InChI is InChI=1S/C18H25N3O/c1-2-3-13-21-16-8-5-4-7-15(16)20-17(21)9-6-12-19-18(22)14-10-11-14/h4-5,7-8,14H,2-3,6,9-13H2,1H3,(H,19,22). The van der Waals surface area contributed by atoms with Gasteiger partial charge in [0.1, 0.15) is 5.82 Å². The molecule has 0 atom stereocenters. The number of amides is 1. The molecule has 1 fully saturated rings. The normalized spacial score (nSPS) is 14.4. The summed E-state index contributed by atoms with van der Waals surface area (Å²) in [6, 6.07) is 8.34. The fraction of sp³-hybridized carbons (Fsp3) is 0.556. The van der Waals surface area contributed by atoms with E-state index in [1.54, 1.807) is 0 Å². The summed E-state index contributed by atoms with van der Waals surface area (Å²) in [5.74, 6) is 1.68. The van der Waals surface area contributed by atoms with E-state index < -0.39 is 0 Å². The van der Waals surface area contributed by atoms with Crippen molar-refractivity contribution in [2.75, 3.05) is 6.54 Å². The van der Waals surface area contributed by atoms with Crippen LogP contribution >= 0.6 is 0 Å². The van der Waals surface area contributed by atoms with Crippen molar-refractivity contribution < 1.29 is 4.79 Å². The SMILES string of the molecule is CCCCn1c(CCCNC(=O)C2CC2)nc2ccccc21. The Labute approximate surface area is 131 Å². The molecule has 3 rings (SSSR count). The van der Waals surface area contributed by atoms with Crippen LogP contribution in [0.3, 0.4) is 0 Å². The topological polar surface area (TPSA) is 46.9 Å². The first-order valence-corrected chi connectivity index (χ1v) is 8.51. The number of carbonyl (C=O) groups is 1. The summed E-state index contributed by atoms with van der Waals surface area (Å²) in [6.45, 7) is 4.00. The molecule has 22 heavy (non-hydrogen) atoms. The number of hydrogen-bond donors (Lipinski definition) is 1. The Bertz CT molecular complexity index is 643. The van der Waals surface area contributed by atoms with Crippen molar-refractivity contribution in [3.63, 3.8) is 0 Å². The molecule has 1 N–H and O–H groups in total. The molecule has 0 spiro atoms. The first kappa shape index (κ1) is 15.1. The Balaban J connectivity index is 1.62. The summed E-state index contributed by atoms with van der Waals surface area (Å²) in [6.07, 6.45) is 6.36. The van der Waals surface area contributed by atoms with E-state index in [0.717, 1.165) is 50.1 Å². The number of unbranched alkanes of at least 4 members (excludes halogenated alkanes) is 1. The van der Waals surface area contributed by atoms with Crippen molar-refractivity contribution in [3.8, 4) is 0 Å². The molecule has 0 aliphatic heterocycles. The van der Waals surface area contributed by atoms with Crippen LogP contribution in [-0.4, -0.2) is 22.0 Å². The number of rotatable bonds is 8. The average molecular weight is 299 g/mol. The van der Waals surface area contributed by atoms with Gasteiger partial charge in [-0.15, -0.1) is 0 Å². The zero-order valence-electron chi connectivity index (χ0n) is 13.3. The highest BCUT2D eigenvalue weighted by Gasteiger charge is 2.28. The molecule has 1 aromatic carbocycles. The highest BCUT2D eigenvalue weighted by molar-refractivity contribution is 5.80. The predicted octanol–water partition coefficient (Wildman–Crippen LogP) is 3.30. The summed E-state index contributed by atoms with van der Waals surface area (Å²) in [4.78, 5) is 16.4. The lowest BCUT2D eigenvalue weighted by molar-refractivity contribution is -0.122. The van der Waals surface area contributed by atoms with E-state index in [9.17, 15) is 4.79 Å². The van der Waals surface area contributed by atoms with Crippen LogP contribution in [-0.2, 0) is 17.8 Å². The van der Waals surface area contributed by atoms with E-state index in [4.69, 9.17) is 4.98 Å². The quantitative estimate of drug-likeness (QED) is 0.760. The first-order chi connectivity index (χ1) is 10.8. The van der Waals surface area contributed by atoms with E-state index in [1.807, 2.05) is 6.07 Å². The van der Waals surface area contributed by atoms with Gasteiger partial charge in [0.15, 0.2) is 0 Å². The molecule has 1 heterocycles. The number of fused-ring (bicyclic) bond motifs is 1. The van der Waals surface area contributed by atoms with Gasteiger partial charge in [-0.05, 0) is 37.8 Å². The second kappa shape index (κ2) is 6.95. The maximum absolute atomic E-state index is 11.6. The number of nitrogens with one attached hydrogen (secondary N) is 1. The minimum atomic E-state index is 0.236. The summed E-state index contributed by atoms with van der Waals surface area (Å²) < 4.78 is 2.35. The third kappa shape index (κ3) is 3.49.